The first-order chi connectivity index (χ1) is 16.3. The Morgan fingerprint density at radius 2 is 1.65 bits per heavy atom. The van der Waals surface area contributed by atoms with Crippen molar-refractivity contribution in [1.29, 1.82) is 0 Å². The van der Waals surface area contributed by atoms with Gasteiger partial charge in [-0.25, -0.2) is 8.42 Å². The summed E-state index contributed by atoms with van der Waals surface area (Å²) in [5, 5.41) is 2.84. The number of anilines is 2. The van der Waals surface area contributed by atoms with Crippen LogP contribution >= 0.6 is 0 Å². The van der Waals surface area contributed by atoms with E-state index in [9.17, 15) is 18.0 Å². The fourth-order valence-corrected chi connectivity index (χ4v) is 5.02. The van der Waals surface area contributed by atoms with Crippen molar-refractivity contribution in [3.63, 3.8) is 0 Å². The lowest BCUT2D eigenvalue weighted by atomic mass is 10.1. The Hall–Kier alpha value is -3.07. The Morgan fingerprint density at radius 3 is 2.26 bits per heavy atom. The Balaban J connectivity index is 1.61. The van der Waals surface area contributed by atoms with Gasteiger partial charge < -0.3 is 15.0 Å². The Labute approximate surface area is 201 Å². The van der Waals surface area contributed by atoms with Gasteiger partial charge in [0.1, 0.15) is 5.75 Å². The van der Waals surface area contributed by atoms with Crippen LogP contribution in [0.25, 0.3) is 0 Å². The highest BCUT2D eigenvalue weighted by Crippen LogP contribution is 2.23. The molecule has 0 aromatic heterocycles. The maximum Gasteiger partial charge on any atom is 0.255 e. The van der Waals surface area contributed by atoms with Crippen LogP contribution in [0.3, 0.4) is 0 Å². The SMILES string of the molecule is COc1ccc(N(CCCC(=O)Nc2ccccc2C(=O)N2CCCCCC2)S(C)(=O)=O)cc1. The number of benzene rings is 2. The predicted octanol–water partition coefficient (Wildman–Crippen LogP) is 3.90. The zero-order valence-corrected chi connectivity index (χ0v) is 20.6. The van der Waals surface area contributed by atoms with E-state index in [2.05, 4.69) is 5.32 Å². The second kappa shape index (κ2) is 11.9. The van der Waals surface area contributed by atoms with Crippen LogP contribution in [0.5, 0.6) is 5.75 Å². The molecule has 1 saturated heterocycles. The topological polar surface area (TPSA) is 96.0 Å². The van der Waals surface area contributed by atoms with Gasteiger partial charge in [0, 0.05) is 26.1 Å². The van der Waals surface area contributed by atoms with Crippen LogP contribution in [-0.4, -0.2) is 58.1 Å². The van der Waals surface area contributed by atoms with Crippen molar-refractivity contribution in [3.8, 4) is 5.75 Å². The maximum atomic E-state index is 13.1. The van der Waals surface area contributed by atoms with Gasteiger partial charge in [-0.15, -0.1) is 0 Å². The third-order valence-corrected chi connectivity index (χ3v) is 7.04. The van der Waals surface area contributed by atoms with E-state index in [4.69, 9.17) is 4.74 Å². The quantitative estimate of drug-likeness (QED) is 0.579. The third kappa shape index (κ3) is 6.96. The molecule has 0 unspecified atom stereocenters. The first-order valence-corrected chi connectivity index (χ1v) is 13.4. The molecular weight excluding hydrogens is 454 g/mol. The van der Waals surface area contributed by atoms with Gasteiger partial charge in [-0.2, -0.15) is 0 Å². The van der Waals surface area contributed by atoms with Gasteiger partial charge in [-0.3, -0.25) is 13.9 Å². The van der Waals surface area contributed by atoms with Gasteiger partial charge in [-0.05, 0) is 55.7 Å². The van der Waals surface area contributed by atoms with Gasteiger partial charge in [0.2, 0.25) is 15.9 Å². The number of hydrogen-bond donors (Lipinski definition) is 1. The summed E-state index contributed by atoms with van der Waals surface area (Å²) in [5.74, 6) is 0.296. The van der Waals surface area contributed by atoms with E-state index >= 15 is 0 Å². The largest absolute Gasteiger partial charge is 0.497 e. The van der Waals surface area contributed by atoms with E-state index in [1.807, 2.05) is 4.90 Å². The molecule has 0 spiro atoms. The minimum Gasteiger partial charge on any atom is -0.497 e. The number of sulfonamides is 1. The van der Waals surface area contributed by atoms with E-state index in [1.165, 1.54) is 4.31 Å². The van der Waals surface area contributed by atoms with Crippen molar-refractivity contribution in [2.45, 2.75) is 38.5 Å². The first-order valence-electron chi connectivity index (χ1n) is 11.6. The molecule has 0 radical (unpaired) electrons. The fourth-order valence-electron chi connectivity index (χ4n) is 4.05. The van der Waals surface area contributed by atoms with E-state index in [1.54, 1.807) is 55.6 Å². The molecule has 1 heterocycles. The summed E-state index contributed by atoms with van der Waals surface area (Å²) in [7, 11) is -1.97. The van der Waals surface area contributed by atoms with E-state index in [0.29, 0.717) is 29.1 Å². The van der Waals surface area contributed by atoms with Gasteiger partial charge in [-0.1, -0.05) is 25.0 Å². The van der Waals surface area contributed by atoms with Crippen LogP contribution in [0.2, 0.25) is 0 Å². The van der Waals surface area contributed by atoms with Crippen molar-refractivity contribution in [3.05, 3.63) is 54.1 Å². The average Bonchev–Trinajstić information content (AvgIpc) is 3.11. The van der Waals surface area contributed by atoms with Crippen molar-refractivity contribution in [2.24, 2.45) is 0 Å². The highest BCUT2D eigenvalue weighted by Gasteiger charge is 2.21. The highest BCUT2D eigenvalue weighted by molar-refractivity contribution is 7.92. The molecule has 34 heavy (non-hydrogen) atoms. The number of para-hydroxylation sites is 1. The zero-order chi connectivity index (χ0) is 24.6. The molecule has 0 aliphatic carbocycles. The second-order valence-electron chi connectivity index (χ2n) is 8.44. The number of carbonyl (C=O) groups excluding carboxylic acids is 2. The van der Waals surface area contributed by atoms with Crippen molar-refractivity contribution < 1.29 is 22.7 Å². The molecule has 1 aliphatic heterocycles. The van der Waals surface area contributed by atoms with Crippen LogP contribution in [0, 0.1) is 0 Å². The lowest BCUT2D eigenvalue weighted by Gasteiger charge is -2.23. The summed E-state index contributed by atoms with van der Waals surface area (Å²) < 4.78 is 31.0. The molecule has 2 amide bonds. The number of nitrogens with one attached hydrogen (secondary N) is 1. The predicted molar refractivity (Wildman–Crippen MR) is 134 cm³/mol. The molecule has 3 rings (SSSR count). The van der Waals surface area contributed by atoms with Crippen LogP contribution in [-0.2, 0) is 14.8 Å². The molecule has 8 nitrogen and oxygen atoms in total. The van der Waals surface area contributed by atoms with Gasteiger partial charge in [0.25, 0.3) is 5.91 Å². The average molecular weight is 488 g/mol. The van der Waals surface area contributed by atoms with Crippen LogP contribution in [0.15, 0.2) is 48.5 Å². The molecule has 1 aliphatic rings. The summed E-state index contributed by atoms with van der Waals surface area (Å²) >= 11 is 0. The number of methoxy groups -OCH3 is 1. The molecule has 0 bridgehead atoms. The lowest BCUT2D eigenvalue weighted by Crippen LogP contribution is -2.33. The Morgan fingerprint density at radius 1 is 1.00 bits per heavy atom. The van der Waals surface area contributed by atoms with E-state index < -0.39 is 10.0 Å². The van der Waals surface area contributed by atoms with Crippen LogP contribution in [0.4, 0.5) is 11.4 Å². The Kier molecular flexibility index (Phi) is 8.92. The maximum absolute atomic E-state index is 13.1. The summed E-state index contributed by atoms with van der Waals surface area (Å²) in [6.07, 6.45) is 5.83. The van der Waals surface area contributed by atoms with Crippen molar-refractivity contribution in [1.82, 2.24) is 4.90 Å². The molecule has 184 valence electrons. The normalized spacial score (nSPS) is 14.2. The number of hydrogen-bond acceptors (Lipinski definition) is 5. The van der Waals surface area contributed by atoms with Gasteiger partial charge >= 0.3 is 0 Å². The smallest absolute Gasteiger partial charge is 0.255 e. The summed E-state index contributed by atoms with van der Waals surface area (Å²) in [4.78, 5) is 27.6. The standard InChI is InChI=1S/C25H33N3O5S/c1-33-21-15-13-20(14-16-21)28(34(2,31)32)19-9-12-24(29)26-23-11-6-5-10-22(23)25(30)27-17-7-3-4-8-18-27/h5-6,10-11,13-16H,3-4,7-9,12,17-19H2,1-2H3,(H,26,29). The minimum absolute atomic E-state index is 0.0689. The van der Waals surface area contributed by atoms with E-state index in [0.717, 1.165) is 45.0 Å². The minimum atomic E-state index is -3.52. The Bertz CT molecular complexity index is 1080. The number of nitrogens with zero attached hydrogens (tertiary/aromatic N) is 2. The molecular formula is C25H33N3O5S. The van der Waals surface area contributed by atoms with Crippen LogP contribution < -0.4 is 14.4 Å². The number of rotatable bonds is 9. The third-order valence-electron chi connectivity index (χ3n) is 5.85. The number of ether oxygens (including phenoxy) is 1. The fraction of sp³-hybridized carbons (Fsp3) is 0.440. The summed E-state index contributed by atoms with van der Waals surface area (Å²) in [6, 6.07) is 13.8. The molecule has 1 fully saturated rings. The number of amides is 2. The zero-order valence-electron chi connectivity index (χ0n) is 19.8. The summed E-state index contributed by atoms with van der Waals surface area (Å²) in [6.45, 7) is 1.62. The molecule has 0 atom stereocenters. The molecule has 9 heteroatoms. The molecule has 1 N–H and O–H groups in total. The lowest BCUT2D eigenvalue weighted by molar-refractivity contribution is -0.116. The first kappa shape index (κ1) is 25.6. The van der Waals surface area contributed by atoms with Crippen molar-refractivity contribution in [2.75, 3.05) is 42.6 Å². The second-order valence-corrected chi connectivity index (χ2v) is 10.3. The molecule has 0 saturated carbocycles. The number of likely N-dealkylation sites (tertiary alicyclic amines) is 1. The summed E-state index contributed by atoms with van der Waals surface area (Å²) in [5.41, 5.74) is 1.47. The highest BCUT2D eigenvalue weighted by atomic mass is 32.2. The van der Waals surface area contributed by atoms with Crippen LogP contribution in [0.1, 0.15) is 48.9 Å². The monoisotopic (exact) mass is 487 g/mol. The van der Waals surface area contributed by atoms with Gasteiger partial charge in [0.05, 0.1) is 30.3 Å². The van der Waals surface area contributed by atoms with Gasteiger partial charge in [0.15, 0.2) is 0 Å². The molecule has 2 aromatic rings. The van der Waals surface area contributed by atoms with E-state index in [-0.39, 0.29) is 24.8 Å². The molecule has 2 aromatic carbocycles. The van der Waals surface area contributed by atoms with Crippen molar-refractivity contribution >= 4 is 33.2 Å². The number of carbonyl (C=O) groups is 2.